The smallest absolute Gasteiger partial charge is 0.274 e. The van der Waals surface area contributed by atoms with E-state index in [9.17, 15) is 9.90 Å². The van der Waals surface area contributed by atoms with Crippen LogP contribution in [0, 0.1) is 0 Å². The van der Waals surface area contributed by atoms with E-state index >= 15 is 0 Å². The number of carbonyl (C=O) groups is 1. The fourth-order valence-corrected chi connectivity index (χ4v) is 3.68. The van der Waals surface area contributed by atoms with Gasteiger partial charge >= 0.3 is 0 Å². The normalized spacial score (nSPS) is 17.1. The van der Waals surface area contributed by atoms with Crippen molar-refractivity contribution >= 4 is 23.2 Å². The Balaban J connectivity index is 1.97. The van der Waals surface area contributed by atoms with Gasteiger partial charge in [0, 0.05) is 31.9 Å². The number of hydrogen-bond donors (Lipinski definition) is 1. The lowest BCUT2D eigenvalue weighted by atomic mass is 10.1. The number of amides is 1. The maximum atomic E-state index is 13.3. The summed E-state index contributed by atoms with van der Waals surface area (Å²) >= 11 is 6.20. The first-order valence-electron chi connectivity index (χ1n) is 9.78. The van der Waals surface area contributed by atoms with E-state index in [2.05, 4.69) is 4.98 Å². The van der Waals surface area contributed by atoms with Gasteiger partial charge in [0.25, 0.3) is 5.91 Å². The number of aromatic nitrogens is 2. The van der Waals surface area contributed by atoms with Gasteiger partial charge < -0.3 is 14.4 Å². The highest BCUT2D eigenvalue weighted by Crippen LogP contribution is 2.21. The molecule has 27 heavy (non-hydrogen) atoms. The average molecular weight is 393 g/mol. The molecular formula is C20H29ClN4O2. The van der Waals surface area contributed by atoms with Gasteiger partial charge in [-0.15, -0.1) is 0 Å². The van der Waals surface area contributed by atoms with Crippen LogP contribution in [0.25, 0.3) is 5.65 Å². The van der Waals surface area contributed by atoms with Crippen LogP contribution in [0.5, 0.6) is 0 Å². The molecule has 3 rings (SSSR count). The van der Waals surface area contributed by atoms with Gasteiger partial charge in [-0.25, -0.2) is 4.98 Å². The second-order valence-electron chi connectivity index (χ2n) is 7.49. The topological polar surface area (TPSA) is 61.1 Å². The quantitative estimate of drug-likeness (QED) is 0.848. The van der Waals surface area contributed by atoms with Gasteiger partial charge in [-0.2, -0.15) is 0 Å². The minimum Gasteiger partial charge on any atom is -0.395 e. The summed E-state index contributed by atoms with van der Waals surface area (Å²) in [6.07, 6.45) is 7.50. The molecule has 148 valence electrons. The first-order valence-corrected chi connectivity index (χ1v) is 10.2. The minimum atomic E-state index is -0.0145. The predicted molar refractivity (Wildman–Crippen MR) is 107 cm³/mol. The van der Waals surface area contributed by atoms with Crippen molar-refractivity contribution < 1.29 is 9.90 Å². The van der Waals surface area contributed by atoms with Crippen molar-refractivity contribution in [3.63, 3.8) is 0 Å². The van der Waals surface area contributed by atoms with Crippen molar-refractivity contribution in [2.24, 2.45) is 0 Å². The molecule has 0 spiro atoms. The van der Waals surface area contributed by atoms with E-state index in [0.29, 0.717) is 17.3 Å². The molecular weight excluding hydrogens is 364 g/mol. The molecule has 3 heterocycles. The van der Waals surface area contributed by atoms with Crippen molar-refractivity contribution in [1.29, 1.82) is 0 Å². The molecule has 0 unspecified atom stereocenters. The lowest BCUT2D eigenvalue weighted by Gasteiger charge is -2.26. The number of imidazole rings is 1. The summed E-state index contributed by atoms with van der Waals surface area (Å²) in [7, 11) is 1.94. The largest absolute Gasteiger partial charge is 0.395 e. The van der Waals surface area contributed by atoms with Crippen LogP contribution in [0.15, 0.2) is 18.3 Å². The van der Waals surface area contributed by atoms with Gasteiger partial charge in [-0.1, -0.05) is 30.9 Å². The molecule has 0 bridgehead atoms. The standard InChI is InChI=1S/C20H29ClN4O2/c1-15(14-26)23(2)13-17-19(22-18-9-8-16(21)12-25(17)18)20(27)24-10-6-4-3-5-7-11-24/h8-9,12,15,26H,3-7,10-11,13-14H2,1-2H3/t15-/m0/s1. The third-order valence-corrected chi connectivity index (χ3v) is 5.67. The van der Waals surface area contributed by atoms with Crippen LogP contribution >= 0.6 is 11.6 Å². The highest BCUT2D eigenvalue weighted by molar-refractivity contribution is 6.30. The summed E-state index contributed by atoms with van der Waals surface area (Å²) in [6.45, 7) is 4.10. The van der Waals surface area contributed by atoms with Crippen LogP contribution in [0.1, 0.15) is 55.2 Å². The molecule has 1 saturated heterocycles. The zero-order valence-corrected chi connectivity index (χ0v) is 17.0. The highest BCUT2D eigenvalue weighted by atomic mass is 35.5. The van der Waals surface area contributed by atoms with E-state index in [1.54, 1.807) is 12.3 Å². The van der Waals surface area contributed by atoms with Crippen molar-refractivity contribution in [2.45, 2.75) is 51.6 Å². The Morgan fingerprint density at radius 3 is 2.59 bits per heavy atom. The Morgan fingerprint density at radius 2 is 1.93 bits per heavy atom. The molecule has 1 atom stereocenters. The van der Waals surface area contributed by atoms with E-state index in [4.69, 9.17) is 11.6 Å². The van der Waals surface area contributed by atoms with Gasteiger partial charge in [0.1, 0.15) is 5.65 Å². The molecule has 7 heteroatoms. The van der Waals surface area contributed by atoms with Gasteiger partial charge in [0.05, 0.1) is 17.3 Å². The van der Waals surface area contributed by atoms with Crippen LogP contribution in [0.4, 0.5) is 0 Å². The van der Waals surface area contributed by atoms with Crippen molar-refractivity contribution in [3.05, 3.63) is 34.7 Å². The Kier molecular flexibility index (Phi) is 6.73. The van der Waals surface area contributed by atoms with Gasteiger partial charge in [-0.3, -0.25) is 9.69 Å². The van der Waals surface area contributed by atoms with Crippen LogP contribution in [0.2, 0.25) is 5.02 Å². The maximum absolute atomic E-state index is 13.3. The number of pyridine rings is 1. The summed E-state index contributed by atoms with van der Waals surface area (Å²) in [5, 5.41) is 10.1. The molecule has 2 aromatic rings. The van der Waals surface area contributed by atoms with E-state index in [1.807, 2.05) is 34.2 Å². The molecule has 2 aromatic heterocycles. The highest BCUT2D eigenvalue weighted by Gasteiger charge is 2.25. The first-order chi connectivity index (χ1) is 13.0. The summed E-state index contributed by atoms with van der Waals surface area (Å²) in [5.74, 6) is -0.00299. The molecule has 1 aliphatic rings. The van der Waals surface area contributed by atoms with Crippen molar-refractivity contribution in [3.8, 4) is 0 Å². The van der Waals surface area contributed by atoms with Gasteiger partial charge in [0.15, 0.2) is 5.69 Å². The van der Waals surface area contributed by atoms with Crippen LogP contribution in [-0.4, -0.2) is 63.0 Å². The Morgan fingerprint density at radius 1 is 1.26 bits per heavy atom. The fourth-order valence-electron chi connectivity index (χ4n) is 3.52. The number of carbonyl (C=O) groups excluding carboxylic acids is 1. The summed E-state index contributed by atoms with van der Waals surface area (Å²) in [5.41, 5.74) is 2.03. The summed E-state index contributed by atoms with van der Waals surface area (Å²) in [4.78, 5) is 21.9. The number of fused-ring (bicyclic) bond motifs is 1. The molecule has 0 saturated carbocycles. The first kappa shape index (κ1) is 20.1. The molecule has 1 amide bonds. The van der Waals surface area contributed by atoms with E-state index in [-0.39, 0.29) is 18.6 Å². The van der Waals surface area contributed by atoms with Crippen molar-refractivity contribution in [1.82, 2.24) is 19.2 Å². The van der Waals surface area contributed by atoms with E-state index in [1.165, 1.54) is 19.3 Å². The summed E-state index contributed by atoms with van der Waals surface area (Å²) < 4.78 is 1.90. The number of likely N-dealkylation sites (tertiary alicyclic amines) is 1. The van der Waals surface area contributed by atoms with E-state index < -0.39 is 0 Å². The lowest BCUT2D eigenvalue weighted by molar-refractivity contribution is 0.0733. The second-order valence-corrected chi connectivity index (χ2v) is 7.93. The zero-order chi connectivity index (χ0) is 19.4. The lowest BCUT2D eigenvalue weighted by Crippen LogP contribution is -2.36. The SMILES string of the molecule is C[C@@H](CO)N(C)Cc1c(C(=O)N2CCCCCCC2)nc2ccc(Cl)cn12. The number of hydrogen-bond acceptors (Lipinski definition) is 4. The van der Waals surface area contributed by atoms with E-state index in [0.717, 1.165) is 37.3 Å². The van der Waals surface area contributed by atoms with Gasteiger partial charge in [0.2, 0.25) is 0 Å². The number of aliphatic hydroxyl groups is 1. The third-order valence-electron chi connectivity index (χ3n) is 5.44. The molecule has 0 radical (unpaired) electrons. The third kappa shape index (κ3) is 4.62. The second kappa shape index (κ2) is 9.04. The molecule has 6 nitrogen and oxygen atoms in total. The number of rotatable bonds is 5. The number of nitrogens with zero attached hydrogens (tertiary/aromatic N) is 4. The van der Waals surface area contributed by atoms with Crippen LogP contribution in [-0.2, 0) is 6.54 Å². The molecule has 0 aromatic carbocycles. The molecule has 1 fully saturated rings. The summed E-state index contributed by atoms with van der Waals surface area (Å²) in [6, 6.07) is 3.61. The zero-order valence-electron chi connectivity index (χ0n) is 16.2. The molecule has 1 aliphatic heterocycles. The predicted octanol–water partition coefficient (Wildman–Crippen LogP) is 3.21. The van der Waals surface area contributed by atoms with Crippen LogP contribution in [0.3, 0.4) is 0 Å². The molecule has 0 aliphatic carbocycles. The Bertz CT molecular complexity index is 784. The monoisotopic (exact) mass is 392 g/mol. The maximum Gasteiger partial charge on any atom is 0.274 e. The minimum absolute atomic E-state index is 0.00299. The van der Waals surface area contributed by atoms with Crippen molar-refractivity contribution in [2.75, 3.05) is 26.7 Å². The fraction of sp³-hybridized carbons (Fsp3) is 0.600. The Labute approximate surface area is 165 Å². The number of aliphatic hydroxyl groups excluding tert-OH is 1. The average Bonchev–Trinajstić information content (AvgIpc) is 2.98. The Hall–Kier alpha value is -1.63. The van der Waals surface area contributed by atoms with Gasteiger partial charge in [-0.05, 0) is 38.9 Å². The molecule has 1 N–H and O–H groups in total. The number of halogens is 1. The van der Waals surface area contributed by atoms with Crippen LogP contribution < -0.4 is 0 Å². The number of likely N-dealkylation sites (N-methyl/N-ethyl adjacent to an activating group) is 1.